The number of anilines is 1. The van der Waals surface area contributed by atoms with E-state index >= 15 is 0 Å². The highest BCUT2D eigenvalue weighted by molar-refractivity contribution is 6.04. The van der Waals surface area contributed by atoms with Gasteiger partial charge >= 0.3 is 0 Å². The highest BCUT2D eigenvalue weighted by atomic mass is 16.2. The van der Waals surface area contributed by atoms with Gasteiger partial charge < -0.3 is 15.1 Å². The van der Waals surface area contributed by atoms with Gasteiger partial charge in [-0.3, -0.25) is 14.4 Å². The molecule has 2 aliphatic heterocycles. The minimum absolute atomic E-state index is 0.0320. The number of nitrogens with one attached hydrogen (secondary N) is 1. The van der Waals surface area contributed by atoms with Crippen molar-refractivity contribution in [2.24, 2.45) is 0 Å². The molecule has 4 rings (SSSR count). The first-order valence-electron chi connectivity index (χ1n) is 10.6. The van der Waals surface area contributed by atoms with Gasteiger partial charge in [-0.1, -0.05) is 31.2 Å². The van der Waals surface area contributed by atoms with Gasteiger partial charge in [0.1, 0.15) is 12.6 Å². The van der Waals surface area contributed by atoms with Crippen molar-refractivity contribution < 1.29 is 14.4 Å². The molecule has 30 heavy (non-hydrogen) atoms. The fraction of sp³-hybridized carbons (Fsp3) is 0.375. The molecule has 6 heteroatoms. The van der Waals surface area contributed by atoms with Crippen molar-refractivity contribution in [3.05, 3.63) is 65.2 Å². The molecule has 2 saturated heterocycles. The number of rotatable bonds is 5. The molecule has 2 aliphatic rings. The maximum absolute atomic E-state index is 12.8. The maximum Gasteiger partial charge on any atom is 0.255 e. The molecule has 2 aromatic rings. The van der Waals surface area contributed by atoms with E-state index in [9.17, 15) is 14.4 Å². The normalized spacial score (nSPS) is 18.9. The molecule has 1 atom stereocenters. The fourth-order valence-electron chi connectivity index (χ4n) is 4.22. The largest absolute Gasteiger partial charge is 0.329 e. The standard InChI is InChI=1S/C24H27N3O3/c1-2-17-6-5-7-20(14-17)25-23(29)19-11-9-18(10-12-19)15-26-16-22(28)27-13-4-3-8-21(27)24(26)30/h5-7,9-12,14,21H,2-4,8,13,15-16H2,1H3,(H,25,29). The van der Waals surface area contributed by atoms with Crippen LogP contribution in [-0.2, 0) is 22.6 Å². The summed E-state index contributed by atoms with van der Waals surface area (Å²) in [5, 5.41) is 2.92. The van der Waals surface area contributed by atoms with Crippen LogP contribution < -0.4 is 5.32 Å². The zero-order valence-corrected chi connectivity index (χ0v) is 17.3. The number of piperidine rings is 1. The lowest BCUT2D eigenvalue weighted by Gasteiger charge is -2.42. The Morgan fingerprint density at radius 1 is 1.07 bits per heavy atom. The first-order valence-corrected chi connectivity index (χ1v) is 10.6. The second kappa shape index (κ2) is 8.69. The minimum Gasteiger partial charge on any atom is -0.329 e. The van der Waals surface area contributed by atoms with Crippen LogP contribution in [0.25, 0.3) is 0 Å². The maximum atomic E-state index is 12.8. The van der Waals surface area contributed by atoms with Crippen LogP contribution in [0.15, 0.2) is 48.5 Å². The number of piperazine rings is 1. The summed E-state index contributed by atoms with van der Waals surface area (Å²) in [4.78, 5) is 41.1. The summed E-state index contributed by atoms with van der Waals surface area (Å²) in [6.45, 7) is 3.28. The van der Waals surface area contributed by atoms with Gasteiger partial charge in [0.15, 0.2) is 0 Å². The van der Waals surface area contributed by atoms with Gasteiger partial charge in [-0.15, -0.1) is 0 Å². The van der Waals surface area contributed by atoms with E-state index in [0.717, 1.165) is 36.9 Å². The number of carbonyl (C=O) groups excluding carboxylic acids is 3. The average molecular weight is 405 g/mol. The van der Waals surface area contributed by atoms with Crippen molar-refractivity contribution in [3.63, 3.8) is 0 Å². The van der Waals surface area contributed by atoms with Gasteiger partial charge in [0.05, 0.1) is 0 Å². The molecule has 3 amide bonds. The predicted octanol–water partition coefficient (Wildman–Crippen LogP) is 3.22. The lowest BCUT2D eigenvalue weighted by molar-refractivity contribution is -0.158. The summed E-state index contributed by atoms with van der Waals surface area (Å²) in [5.41, 5.74) is 3.41. The number of carbonyl (C=O) groups is 3. The van der Waals surface area contributed by atoms with Crippen LogP contribution in [0.2, 0.25) is 0 Å². The van der Waals surface area contributed by atoms with E-state index in [1.54, 1.807) is 21.9 Å². The summed E-state index contributed by atoms with van der Waals surface area (Å²) in [6.07, 6.45) is 3.62. The summed E-state index contributed by atoms with van der Waals surface area (Å²) >= 11 is 0. The predicted molar refractivity (Wildman–Crippen MR) is 115 cm³/mol. The molecule has 2 fully saturated rings. The minimum atomic E-state index is -0.302. The Morgan fingerprint density at radius 2 is 1.87 bits per heavy atom. The van der Waals surface area contributed by atoms with Crippen LogP contribution in [0.4, 0.5) is 5.69 Å². The topological polar surface area (TPSA) is 69.7 Å². The molecule has 6 nitrogen and oxygen atoms in total. The van der Waals surface area contributed by atoms with E-state index in [-0.39, 0.29) is 30.3 Å². The van der Waals surface area contributed by atoms with Crippen molar-refractivity contribution >= 4 is 23.4 Å². The highest BCUT2D eigenvalue weighted by Crippen LogP contribution is 2.24. The van der Waals surface area contributed by atoms with Gasteiger partial charge in [0, 0.05) is 24.3 Å². The van der Waals surface area contributed by atoms with Crippen LogP contribution in [0, 0.1) is 0 Å². The zero-order valence-electron chi connectivity index (χ0n) is 17.3. The number of benzene rings is 2. The van der Waals surface area contributed by atoms with Crippen molar-refractivity contribution in [1.82, 2.24) is 9.80 Å². The van der Waals surface area contributed by atoms with Crippen molar-refractivity contribution in [3.8, 4) is 0 Å². The molecular formula is C24H27N3O3. The molecule has 0 radical (unpaired) electrons. The zero-order chi connectivity index (χ0) is 21.1. The molecule has 0 saturated carbocycles. The molecule has 0 bridgehead atoms. The molecule has 1 N–H and O–H groups in total. The van der Waals surface area contributed by atoms with E-state index < -0.39 is 0 Å². The number of hydrogen-bond donors (Lipinski definition) is 1. The number of fused-ring (bicyclic) bond motifs is 1. The lowest BCUT2D eigenvalue weighted by Crippen LogP contribution is -2.60. The van der Waals surface area contributed by atoms with Crippen LogP contribution in [0.3, 0.4) is 0 Å². The number of hydrogen-bond acceptors (Lipinski definition) is 3. The Kier molecular flexibility index (Phi) is 5.84. The van der Waals surface area contributed by atoms with Crippen LogP contribution in [0.1, 0.15) is 47.7 Å². The molecular weight excluding hydrogens is 378 g/mol. The average Bonchev–Trinajstić information content (AvgIpc) is 2.78. The van der Waals surface area contributed by atoms with E-state index in [1.807, 2.05) is 36.4 Å². The second-order valence-corrected chi connectivity index (χ2v) is 8.00. The third-order valence-corrected chi connectivity index (χ3v) is 5.93. The van der Waals surface area contributed by atoms with Gasteiger partial charge in [0.2, 0.25) is 11.8 Å². The van der Waals surface area contributed by atoms with E-state index in [1.165, 1.54) is 5.56 Å². The van der Waals surface area contributed by atoms with Gasteiger partial charge in [-0.25, -0.2) is 0 Å². The lowest BCUT2D eigenvalue weighted by atomic mass is 9.98. The quantitative estimate of drug-likeness (QED) is 0.830. The molecule has 156 valence electrons. The number of nitrogens with zero attached hydrogens (tertiary/aromatic N) is 2. The van der Waals surface area contributed by atoms with Crippen molar-refractivity contribution in [2.75, 3.05) is 18.4 Å². The molecule has 0 spiro atoms. The Hall–Kier alpha value is -3.15. The van der Waals surface area contributed by atoms with E-state index in [0.29, 0.717) is 18.7 Å². The smallest absolute Gasteiger partial charge is 0.255 e. The molecule has 0 aliphatic carbocycles. The highest BCUT2D eigenvalue weighted by Gasteiger charge is 2.40. The second-order valence-electron chi connectivity index (χ2n) is 8.00. The van der Waals surface area contributed by atoms with Crippen LogP contribution in [0.5, 0.6) is 0 Å². The summed E-state index contributed by atoms with van der Waals surface area (Å²) in [7, 11) is 0. The molecule has 1 unspecified atom stereocenters. The van der Waals surface area contributed by atoms with Crippen molar-refractivity contribution in [2.45, 2.75) is 45.2 Å². The van der Waals surface area contributed by atoms with Gasteiger partial charge in [-0.05, 0) is 61.1 Å². The first-order chi connectivity index (χ1) is 14.5. The molecule has 2 aromatic carbocycles. The Labute approximate surface area is 176 Å². The summed E-state index contributed by atoms with van der Waals surface area (Å²) in [6, 6.07) is 14.7. The summed E-state index contributed by atoms with van der Waals surface area (Å²) < 4.78 is 0. The Bertz CT molecular complexity index is 954. The van der Waals surface area contributed by atoms with E-state index in [4.69, 9.17) is 0 Å². The van der Waals surface area contributed by atoms with Gasteiger partial charge in [-0.2, -0.15) is 0 Å². The van der Waals surface area contributed by atoms with Crippen LogP contribution in [-0.4, -0.2) is 46.7 Å². The SMILES string of the molecule is CCc1cccc(NC(=O)c2ccc(CN3CC(=O)N4CCCCC4C3=O)cc2)c1. The monoisotopic (exact) mass is 405 g/mol. The number of aryl methyl sites for hydroxylation is 1. The van der Waals surface area contributed by atoms with Crippen molar-refractivity contribution in [1.29, 1.82) is 0 Å². The summed E-state index contributed by atoms with van der Waals surface area (Å²) in [5.74, 6) is -0.103. The van der Waals surface area contributed by atoms with E-state index in [2.05, 4.69) is 12.2 Å². The third-order valence-electron chi connectivity index (χ3n) is 5.93. The Morgan fingerprint density at radius 3 is 2.63 bits per heavy atom. The molecule has 0 aromatic heterocycles. The molecule has 2 heterocycles. The Balaban J connectivity index is 1.40. The van der Waals surface area contributed by atoms with Crippen LogP contribution >= 0.6 is 0 Å². The third kappa shape index (κ3) is 4.22. The van der Waals surface area contributed by atoms with Gasteiger partial charge in [0.25, 0.3) is 5.91 Å². The fourth-order valence-corrected chi connectivity index (χ4v) is 4.22. The number of amides is 3. The first kappa shape index (κ1) is 20.1.